The third-order valence-corrected chi connectivity index (χ3v) is 3.13. The van der Waals surface area contributed by atoms with Crippen LogP contribution in [-0.2, 0) is 19.1 Å². The largest absolute Gasteiger partial charge is 0.481 e. The van der Waals surface area contributed by atoms with Gasteiger partial charge >= 0.3 is 11.9 Å². The Bertz CT molecular complexity index is 409. The number of carboxylic acid groups (broad SMARTS) is 1. The van der Waals surface area contributed by atoms with Gasteiger partial charge in [0.25, 0.3) is 0 Å². The van der Waals surface area contributed by atoms with Crippen molar-refractivity contribution in [3.63, 3.8) is 0 Å². The molecule has 0 radical (unpaired) electrons. The van der Waals surface area contributed by atoms with E-state index in [4.69, 9.17) is 9.84 Å². The Hall–Kier alpha value is -1.91. The van der Waals surface area contributed by atoms with E-state index in [9.17, 15) is 14.4 Å². The molecule has 0 aromatic carbocycles. The van der Waals surface area contributed by atoms with Crippen LogP contribution in [0.25, 0.3) is 0 Å². The summed E-state index contributed by atoms with van der Waals surface area (Å²) in [5, 5.41) is 8.77. The summed E-state index contributed by atoms with van der Waals surface area (Å²) in [5.74, 6) is -2.47. The Labute approximate surface area is 125 Å². The molecule has 21 heavy (non-hydrogen) atoms. The van der Waals surface area contributed by atoms with Gasteiger partial charge in [0.2, 0.25) is 0 Å². The van der Waals surface area contributed by atoms with Crippen molar-refractivity contribution in [2.45, 2.75) is 33.6 Å². The molecule has 0 fully saturated rings. The lowest BCUT2D eigenvalue weighted by atomic mass is 9.87. The second-order valence-electron chi connectivity index (χ2n) is 5.25. The van der Waals surface area contributed by atoms with Crippen molar-refractivity contribution in [2.24, 2.45) is 17.8 Å². The molecule has 5 nitrogen and oxygen atoms in total. The summed E-state index contributed by atoms with van der Waals surface area (Å²) in [4.78, 5) is 34.2. The zero-order valence-electron chi connectivity index (χ0n) is 12.9. The number of allylic oxidation sites excluding steroid dienone is 1. The SMILES string of the molecule is C=CCOC(=O)CCC(C(=O)C=CC(C)C(=O)O)C(C)C. The summed E-state index contributed by atoms with van der Waals surface area (Å²) in [6.07, 6.45) is 4.70. The van der Waals surface area contributed by atoms with Crippen LogP contribution in [-0.4, -0.2) is 29.4 Å². The predicted molar refractivity (Wildman–Crippen MR) is 79.7 cm³/mol. The number of carboxylic acids is 1. The van der Waals surface area contributed by atoms with Crippen molar-refractivity contribution in [1.29, 1.82) is 0 Å². The second-order valence-corrected chi connectivity index (χ2v) is 5.25. The number of carbonyl (C=O) groups is 3. The van der Waals surface area contributed by atoms with Crippen LogP contribution >= 0.6 is 0 Å². The van der Waals surface area contributed by atoms with Crippen LogP contribution in [0, 0.1) is 17.8 Å². The molecule has 0 saturated heterocycles. The molecule has 0 amide bonds. The highest BCUT2D eigenvalue weighted by Gasteiger charge is 2.22. The fraction of sp³-hybridized carbons (Fsp3) is 0.562. The Morgan fingerprint density at radius 2 is 1.86 bits per heavy atom. The van der Waals surface area contributed by atoms with E-state index in [0.717, 1.165) is 0 Å². The molecular formula is C16H24O5. The molecule has 0 aliphatic rings. The summed E-state index contributed by atoms with van der Waals surface area (Å²) in [6.45, 7) is 8.91. The molecule has 0 saturated carbocycles. The van der Waals surface area contributed by atoms with Gasteiger partial charge in [-0.15, -0.1) is 0 Å². The topological polar surface area (TPSA) is 80.7 Å². The molecular weight excluding hydrogens is 272 g/mol. The fourth-order valence-electron chi connectivity index (χ4n) is 1.75. The highest BCUT2D eigenvalue weighted by Crippen LogP contribution is 2.19. The Kier molecular flexibility index (Phi) is 9.01. The molecule has 118 valence electrons. The lowest BCUT2D eigenvalue weighted by molar-refractivity contribution is -0.143. The monoisotopic (exact) mass is 296 g/mol. The van der Waals surface area contributed by atoms with Gasteiger partial charge in [0, 0.05) is 12.3 Å². The fourth-order valence-corrected chi connectivity index (χ4v) is 1.75. The Morgan fingerprint density at radius 3 is 2.33 bits per heavy atom. The summed E-state index contributed by atoms with van der Waals surface area (Å²) < 4.78 is 4.87. The van der Waals surface area contributed by atoms with Crippen LogP contribution in [0.15, 0.2) is 24.8 Å². The van der Waals surface area contributed by atoms with Crippen LogP contribution in [0.2, 0.25) is 0 Å². The van der Waals surface area contributed by atoms with E-state index in [1.165, 1.54) is 25.2 Å². The van der Waals surface area contributed by atoms with Gasteiger partial charge in [0.15, 0.2) is 5.78 Å². The molecule has 0 aromatic heterocycles. The summed E-state index contributed by atoms with van der Waals surface area (Å²) in [6, 6.07) is 0. The van der Waals surface area contributed by atoms with Gasteiger partial charge in [-0.2, -0.15) is 0 Å². The van der Waals surface area contributed by atoms with Gasteiger partial charge in [0.05, 0.1) is 5.92 Å². The summed E-state index contributed by atoms with van der Waals surface area (Å²) in [5.41, 5.74) is 0. The number of carbonyl (C=O) groups excluding carboxylic acids is 2. The van der Waals surface area contributed by atoms with Crippen molar-refractivity contribution in [3.05, 3.63) is 24.8 Å². The maximum absolute atomic E-state index is 12.1. The molecule has 5 heteroatoms. The van der Waals surface area contributed by atoms with Crippen LogP contribution in [0.4, 0.5) is 0 Å². The van der Waals surface area contributed by atoms with Crippen LogP contribution in [0.1, 0.15) is 33.6 Å². The van der Waals surface area contributed by atoms with E-state index < -0.39 is 11.9 Å². The Balaban J connectivity index is 4.54. The highest BCUT2D eigenvalue weighted by molar-refractivity contribution is 5.92. The van der Waals surface area contributed by atoms with Crippen molar-refractivity contribution in [3.8, 4) is 0 Å². The number of esters is 1. The van der Waals surface area contributed by atoms with Crippen LogP contribution < -0.4 is 0 Å². The molecule has 0 spiro atoms. The van der Waals surface area contributed by atoms with Crippen molar-refractivity contribution >= 4 is 17.7 Å². The van der Waals surface area contributed by atoms with E-state index in [1.54, 1.807) is 0 Å². The number of hydrogen-bond donors (Lipinski definition) is 1. The molecule has 1 N–H and O–H groups in total. The van der Waals surface area contributed by atoms with Crippen LogP contribution in [0.5, 0.6) is 0 Å². The lowest BCUT2D eigenvalue weighted by Gasteiger charge is -2.17. The van der Waals surface area contributed by atoms with E-state index in [2.05, 4.69) is 6.58 Å². The van der Waals surface area contributed by atoms with Gasteiger partial charge < -0.3 is 9.84 Å². The highest BCUT2D eigenvalue weighted by atomic mass is 16.5. The van der Waals surface area contributed by atoms with E-state index in [0.29, 0.717) is 6.42 Å². The third kappa shape index (κ3) is 8.07. The average molecular weight is 296 g/mol. The smallest absolute Gasteiger partial charge is 0.310 e. The van der Waals surface area contributed by atoms with Crippen molar-refractivity contribution in [1.82, 2.24) is 0 Å². The molecule has 2 unspecified atom stereocenters. The van der Waals surface area contributed by atoms with Gasteiger partial charge in [-0.1, -0.05) is 32.6 Å². The number of ketones is 1. The minimum Gasteiger partial charge on any atom is -0.481 e. The predicted octanol–water partition coefficient (Wildman–Crippen LogP) is 2.61. The Morgan fingerprint density at radius 1 is 1.24 bits per heavy atom. The average Bonchev–Trinajstić information content (AvgIpc) is 2.41. The number of hydrogen-bond acceptors (Lipinski definition) is 4. The first-order valence-corrected chi connectivity index (χ1v) is 7.01. The van der Waals surface area contributed by atoms with E-state index in [1.807, 2.05) is 13.8 Å². The molecule has 0 aliphatic carbocycles. The molecule has 0 bridgehead atoms. The summed E-state index contributed by atoms with van der Waals surface area (Å²) >= 11 is 0. The third-order valence-electron chi connectivity index (χ3n) is 3.13. The normalized spacial score (nSPS) is 13.9. The first kappa shape index (κ1) is 19.1. The van der Waals surface area contributed by atoms with Crippen molar-refractivity contribution in [2.75, 3.05) is 6.61 Å². The minimum absolute atomic E-state index is 0.0643. The zero-order chi connectivity index (χ0) is 16.4. The molecule has 0 aromatic rings. The molecule has 2 atom stereocenters. The maximum atomic E-state index is 12.1. The first-order chi connectivity index (χ1) is 9.79. The van der Waals surface area contributed by atoms with Gasteiger partial charge in [0.1, 0.15) is 6.61 Å². The molecule has 0 heterocycles. The quantitative estimate of drug-likeness (QED) is 0.381. The van der Waals surface area contributed by atoms with E-state index >= 15 is 0 Å². The number of aliphatic carboxylic acids is 1. The number of ether oxygens (including phenoxy) is 1. The standard InChI is InChI=1S/C16H24O5/c1-5-10-21-15(18)9-7-13(11(2)3)14(17)8-6-12(4)16(19)20/h5-6,8,11-13H,1,7,9-10H2,2-4H3,(H,19,20). The molecule has 0 rings (SSSR count). The minimum atomic E-state index is -0.979. The van der Waals surface area contributed by atoms with Crippen molar-refractivity contribution < 1.29 is 24.2 Å². The molecule has 0 aliphatic heterocycles. The lowest BCUT2D eigenvalue weighted by Crippen LogP contribution is -2.21. The zero-order valence-corrected chi connectivity index (χ0v) is 12.9. The number of rotatable bonds is 10. The van der Waals surface area contributed by atoms with Crippen LogP contribution in [0.3, 0.4) is 0 Å². The maximum Gasteiger partial charge on any atom is 0.310 e. The first-order valence-electron chi connectivity index (χ1n) is 7.01. The van der Waals surface area contributed by atoms with Gasteiger partial charge in [-0.05, 0) is 25.3 Å². The summed E-state index contributed by atoms with van der Waals surface area (Å²) in [7, 11) is 0. The van der Waals surface area contributed by atoms with Gasteiger partial charge in [-0.25, -0.2) is 0 Å². The van der Waals surface area contributed by atoms with Gasteiger partial charge in [-0.3, -0.25) is 14.4 Å². The second kappa shape index (κ2) is 9.91. The van der Waals surface area contributed by atoms with E-state index in [-0.39, 0.29) is 36.6 Å².